The highest BCUT2D eigenvalue weighted by Gasteiger charge is 2.61. The molecule has 1 aromatic carbocycles. The highest BCUT2D eigenvalue weighted by atomic mass is 16.5. The van der Waals surface area contributed by atoms with Crippen LogP contribution in [0.25, 0.3) is 11.0 Å². The predicted octanol–water partition coefficient (Wildman–Crippen LogP) is 4.38. The Labute approximate surface area is 147 Å². The van der Waals surface area contributed by atoms with E-state index in [4.69, 9.17) is 9.15 Å². The molecule has 0 radical (unpaired) electrons. The lowest BCUT2D eigenvalue weighted by molar-refractivity contribution is -0.147. The van der Waals surface area contributed by atoms with E-state index in [1.807, 2.05) is 39.0 Å². The lowest BCUT2D eigenvalue weighted by atomic mass is 10.1. The molecular weight excluding hydrogens is 316 g/mol. The molecule has 1 saturated carbocycles. The Morgan fingerprint density at radius 1 is 1.28 bits per heavy atom. The van der Waals surface area contributed by atoms with Gasteiger partial charge in [0.2, 0.25) is 0 Å². The van der Waals surface area contributed by atoms with Gasteiger partial charge in [-0.1, -0.05) is 37.6 Å². The topological polar surface area (TPSA) is 56.5 Å². The summed E-state index contributed by atoms with van der Waals surface area (Å²) in [6, 6.07) is 7.06. The van der Waals surface area contributed by atoms with Gasteiger partial charge in [0.15, 0.2) is 0 Å². The molecule has 0 amide bonds. The first-order valence-electron chi connectivity index (χ1n) is 8.55. The Morgan fingerprint density at radius 3 is 2.68 bits per heavy atom. The molecule has 4 heteroatoms. The fourth-order valence-corrected chi connectivity index (χ4v) is 3.49. The first kappa shape index (κ1) is 17.5. The van der Waals surface area contributed by atoms with Gasteiger partial charge in [0.25, 0.3) is 0 Å². The number of carbonyl (C=O) groups excluding carboxylic acids is 1. The van der Waals surface area contributed by atoms with Gasteiger partial charge in [0.05, 0.1) is 5.92 Å². The molecule has 0 aliphatic heterocycles. The van der Waals surface area contributed by atoms with E-state index in [2.05, 4.69) is 19.9 Å². The molecule has 2 aromatic rings. The molecular formula is C21H24O4. The summed E-state index contributed by atoms with van der Waals surface area (Å²) in [4.78, 5) is 24.3. The third-order valence-corrected chi connectivity index (χ3v) is 5.03. The van der Waals surface area contributed by atoms with Gasteiger partial charge in [-0.3, -0.25) is 4.79 Å². The van der Waals surface area contributed by atoms with Crippen molar-refractivity contribution in [2.24, 2.45) is 17.3 Å². The van der Waals surface area contributed by atoms with Crippen LogP contribution in [0.15, 0.2) is 45.1 Å². The highest BCUT2D eigenvalue weighted by molar-refractivity contribution is 5.82. The summed E-state index contributed by atoms with van der Waals surface area (Å²) in [5.41, 5.74) is 2.90. The summed E-state index contributed by atoms with van der Waals surface area (Å²) in [6.07, 6.45) is 2.14. The molecule has 2 atom stereocenters. The van der Waals surface area contributed by atoms with Gasteiger partial charge in [-0.05, 0) is 43.7 Å². The standard InChI is InChI=1S/C21H24O4/c1-12(2)8-16-19(21(16,4)5)20(23)24-11-14-10-18(22)25-17-9-13(3)6-7-15(14)17/h6-10,16,19H,11H2,1-5H3/t16-,19-/m0/s1. The van der Waals surface area contributed by atoms with E-state index in [1.54, 1.807) is 0 Å². The average Bonchev–Trinajstić information content (AvgIpc) is 3.03. The molecule has 1 aliphatic rings. The normalized spacial score (nSPS) is 21.0. The minimum atomic E-state index is -0.432. The summed E-state index contributed by atoms with van der Waals surface area (Å²) < 4.78 is 10.8. The van der Waals surface area contributed by atoms with Crippen molar-refractivity contribution in [3.05, 3.63) is 57.5 Å². The number of benzene rings is 1. The van der Waals surface area contributed by atoms with Crippen LogP contribution in [0.2, 0.25) is 0 Å². The molecule has 132 valence electrons. The van der Waals surface area contributed by atoms with E-state index < -0.39 is 5.63 Å². The van der Waals surface area contributed by atoms with E-state index in [-0.39, 0.29) is 29.8 Å². The minimum absolute atomic E-state index is 0.0801. The number of rotatable bonds is 4. The Morgan fingerprint density at radius 2 is 2.00 bits per heavy atom. The van der Waals surface area contributed by atoms with Crippen LogP contribution >= 0.6 is 0 Å². The van der Waals surface area contributed by atoms with Gasteiger partial charge >= 0.3 is 11.6 Å². The first-order valence-corrected chi connectivity index (χ1v) is 8.55. The number of aryl methyl sites for hydroxylation is 1. The Bertz CT molecular complexity index is 913. The SMILES string of the molecule is CC(C)=C[C@H]1[C@@H](C(=O)OCc2cc(=O)oc3cc(C)ccc23)C1(C)C. The van der Waals surface area contributed by atoms with Crippen molar-refractivity contribution in [2.45, 2.75) is 41.2 Å². The summed E-state index contributed by atoms with van der Waals surface area (Å²) in [7, 11) is 0. The van der Waals surface area contributed by atoms with Crippen LogP contribution < -0.4 is 5.63 Å². The fraction of sp³-hybridized carbons (Fsp3) is 0.429. The molecule has 1 aromatic heterocycles. The van der Waals surface area contributed by atoms with E-state index in [0.717, 1.165) is 10.9 Å². The molecule has 1 aliphatic carbocycles. The van der Waals surface area contributed by atoms with E-state index in [9.17, 15) is 9.59 Å². The van der Waals surface area contributed by atoms with Crippen LogP contribution in [-0.4, -0.2) is 5.97 Å². The second kappa shape index (κ2) is 6.17. The Balaban J connectivity index is 1.79. The van der Waals surface area contributed by atoms with Gasteiger partial charge in [-0.15, -0.1) is 0 Å². The second-order valence-electron chi connectivity index (χ2n) is 7.77. The third kappa shape index (κ3) is 3.39. The number of hydrogen-bond acceptors (Lipinski definition) is 4. The van der Waals surface area contributed by atoms with Crippen LogP contribution in [0.1, 0.15) is 38.8 Å². The van der Waals surface area contributed by atoms with Crippen molar-refractivity contribution in [1.29, 1.82) is 0 Å². The monoisotopic (exact) mass is 340 g/mol. The van der Waals surface area contributed by atoms with Crippen molar-refractivity contribution < 1.29 is 13.9 Å². The minimum Gasteiger partial charge on any atom is -0.461 e. The fourth-order valence-electron chi connectivity index (χ4n) is 3.49. The Hall–Kier alpha value is -2.36. The zero-order valence-electron chi connectivity index (χ0n) is 15.4. The van der Waals surface area contributed by atoms with Crippen molar-refractivity contribution in [3.8, 4) is 0 Å². The first-order chi connectivity index (χ1) is 11.7. The summed E-state index contributed by atoms with van der Waals surface area (Å²) >= 11 is 0. The second-order valence-corrected chi connectivity index (χ2v) is 7.77. The van der Waals surface area contributed by atoms with E-state index in [0.29, 0.717) is 11.1 Å². The smallest absolute Gasteiger partial charge is 0.336 e. The van der Waals surface area contributed by atoms with Crippen LogP contribution in [0.3, 0.4) is 0 Å². The number of ether oxygens (including phenoxy) is 1. The summed E-state index contributed by atoms with van der Waals surface area (Å²) in [5, 5.41) is 0.800. The highest BCUT2D eigenvalue weighted by Crippen LogP contribution is 2.59. The van der Waals surface area contributed by atoms with Crippen molar-refractivity contribution in [2.75, 3.05) is 0 Å². The summed E-state index contributed by atoms with van der Waals surface area (Å²) in [6.45, 7) is 10.3. The van der Waals surface area contributed by atoms with Gasteiger partial charge < -0.3 is 9.15 Å². The largest absolute Gasteiger partial charge is 0.461 e. The van der Waals surface area contributed by atoms with E-state index >= 15 is 0 Å². The lowest BCUT2D eigenvalue weighted by Gasteiger charge is -2.08. The van der Waals surface area contributed by atoms with Gasteiger partial charge in [0, 0.05) is 17.0 Å². The number of fused-ring (bicyclic) bond motifs is 1. The predicted molar refractivity (Wildman–Crippen MR) is 97.2 cm³/mol. The zero-order chi connectivity index (χ0) is 18.4. The quantitative estimate of drug-likeness (QED) is 0.471. The lowest BCUT2D eigenvalue weighted by Crippen LogP contribution is -2.12. The Kier molecular flexibility index (Phi) is 4.31. The van der Waals surface area contributed by atoms with Crippen molar-refractivity contribution >= 4 is 16.9 Å². The third-order valence-electron chi connectivity index (χ3n) is 5.03. The maximum absolute atomic E-state index is 12.5. The molecule has 4 nitrogen and oxygen atoms in total. The maximum Gasteiger partial charge on any atom is 0.336 e. The molecule has 0 unspecified atom stereocenters. The molecule has 0 N–H and O–H groups in total. The van der Waals surface area contributed by atoms with Crippen LogP contribution in [0.5, 0.6) is 0 Å². The number of esters is 1. The maximum atomic E-state index is 12.5. The zero-order valence-corrected chi connectivity index (χ0v) is 15.4. The molecule has 1 fully saturated rings. The van der Waals surface area contributed by atoms with Gasteiger partial charge in [-0.2, -0.15) is 0 Å². The van der Waals surface area contributed by atoms with Crippen molar-refractivity contribution in [1.82, 2.24) is 0 Å². The summed E-state index contributed by atoms with van der Waals surface area (Å²) in [5.74, 6) is -0.123. The number of allylic oxidation sites excluding steroid dienone is 2. The molecule has 0 spiro atoms. The van der Waals surface area contributed by atoms with Gasteiger partial charge in [-0.25, -0.2) is 4.79 Å². The molecule has 1 heterocycles. The van der Waals surface area contributed by atoms with E-state index in [1.165, 1.54) is 11.6 Å². The molecule has 0 bridgehead atoms. The van der Waals surface area contributed by atoms with Gasteiger partial charge in [0.1, 0.15) is 12.2 Å². The molecule has 3 rings (SSSR count). The van der Waals surface area contributed by atoms with Crippen LogP contribution in [0, 0.1) is 24.2 Å². The van der Waals surface area contributed by atoms with Crippen LogP contribution in [0.4, 0.5) is 0 Å². The number of hydrogen-bond donors (Lipinski definition) is 0. The van der Waals surface area contributed by atoms with Crippen molar-refractivity contribution in [3.63, 3.8) is 0 Å². The number of carbonyl (C=O) groups is 1. The molecule has 25 heavy (non-hydrogen) atoms. The average molecular weight is 340 g/mol. The van der Waals surface area contributed by atoms with Crippen LogP contribution in [-0.2, 0) is 16.1 Å². The molecule has 0 saturated heterocycles.